The van der Waals surface area contributed by atoms with Crippen molar-refractivity contribution >= 4 is 24.4 Å². The SMILES string of the molecule is COc1cc(NC(C)CCCCN)c2nccc(C)c2c1.O=P(O)(O)O. The van der Waals surface area contributed by atoms with Crippen LogP contribution in [0.25, 0.3) is 10.9 Å². The summed E-state index contributed by atoms with van der Waals surface area (Å²) in [6.07, 6.45) is 5.16. The zero-order chi connectivity index (χ0) is 19.7. The van der Waals surface area contributed by atoms with Crippen LogP contribution in [-0.2, 0) is 4.57 Å². The van der Waals surface area contributed by atoms with Crippen LogP contribution in [0.1, 0.15) is 31.7 Å². The molecule has 146 valence electrons. The van der Waals surface area contributed by atoms with E-state index in [-0.39, 0.29) is 0 Å². The van der Waals surface area contributed by atoms with Crippen molar-refractivity contribution in [2.24, 2.45) is 5.73 Å². The number of aryl methyl sites for hydroxylation is 1. The van der Waals surface area contributed by atoms with Crippen molar-refractivity contribution in [3.8, 4) is 5.75 Å². The molecule has 0 aliphatic carbocycles. The van der Waals surface area contributed by atoms with E-state index >= 15 is 0 Å². The van der Waals surface area contributed by atoms with E-state index in [0.29, 0.717) is 6.04 Å². The quantitative estimate of drug-likeness (QED) is 0.362. The highest BCUT2D eigenvalue weighted by Gasteiger charge is 2.10. The highest BCUT2D eigenvalue weighted by atomic mass is 31.2. The molecule has 2 rings (SSSR count). The first-order valence-electron chi connectivity index (χ1n) is 8.34. The van der Waals surface area contributed by atoms with Gasteiger partial charge in [0, 0.05) is 23.7 Å². The summed E-state index contributed by atoms with van der Waals surface area (Å²) in [5.74, 6) is 0.857. The predicted molar refractivity (Wildman–Crippen MR) is 103 cm³/mol. The maximum Gasteiger partial charge on any atom is 0.466 e. The first-order valence-corrected chi connectivity index (χ1v) is 9.90. The van der Waals surface area contributed by atoms with Crippen LogP contribution in [0, 0.1) is 6.92 Å². The van der Waals surface area contributed by atoms with E-state index in [0.717, 1.165) is 48.1 Å². The molecule has 1 heterocycles. The van der Waals surface area contributed by atoms with Gasteiger partial charge in [-0.1, -0.05) is 6.42 Å². The second kappa shape index (κ2) is 10.4. The summed E-state index contributed by atoms with van der Waals surface area (Å²) in [6.45, 7) is 5.05. The summed E-state index contributed by atoms with van der Waals surface area (Å²) in [4.78, 5) is 26.1. The van der Waals surface area contributed by atoms with E-state index in [9.17, 15) is 0 Å². The van der Waals surface area contributed by atoms with E-state index in [4.69, 9.17) is 29.7 Å². The van der Waals surface area contributed by atoms with Crippen LogP contribution in [0.15, 0.2) is 24.4 Å². The molecule has 1 unspecified atom stereocenters. The van der Waals surface area contributed by atoms with E-state index in [1.54, 1.807) is 7.11 Å². The Morgan fingerprint density at radius 1 is 1.31 bits per heavy atom. The fraction of sp³-hybridized carbons (Fsp3) is 0.471. The lowest BCUT2D eigenvalue weighted by molar-refractivity contribution is 0.275. The number of hydrogen-bond donors (Lipinski definition) is 5. The Bertz CT molecular complexity index is 742. The van der Waals surface area contributed by atoms with Gasteiger partial charge in [-0.05, 0) is 50.9 Å². The number of fused-ring (bicyclic) bond motifs is 1. The number of aromatic nitrogens is 1. The molecule has 1 aromatic heterocycles. The molecule has 0 saturated carbocycles. The Morgan fingerprint density at radius 2 is 1.96 bits per heavy atom. The van der Waals surface area contributed by atoms with Crippen molar-refractivity contribution in [2.75, 3.05) is 19.0 Å². The number of methoxy groups -OCH3 is 1. The van der Waals surface area contributed by atoms with Gasteiger partial charge < -0.3 is 30.5 Å². The van der Waals surface area contributed by atoms with Crippen LogP contribution in [-0.4, -0.2) is 39.4 Å². The fourth-order valence-corrected chi connectivity index (χ4v) is 2.52. The Hall–Kier alpha value is -1.70. The number of anilines is 1. The van der Waals surface area contributed by atoms with E-state index in [2.05, 4.69) is 24.1 Å². The summed E-state index contributed by atoms with van der Waals surface area (Å²) in [7, 11) is -2.94. The average molecular weight is 385 g/mol. The maximum absolute atomic E-state index is 8.88. The van der Waals surface area contributed by atoms with Gasteiger partial charge >= 0.3 is 7.82 Å². The highest BCUT2D eigenvalue weighted by molar-refractivity contribution is 7.45. The van der Waals surface area contributed by atoms with Crippen LogP contribution in [0.4, 0.5) is 5.69 Å². The predicted octanol–water partition coefficient (Wildman–Crippen LogP) is 2.55. The van der Waals surface area contributed by atoms with Gasteiger partial charge in [-0.3, -0.25) is 4.98 Å². The summed E-state index contributed by atoms with van der Waals surface area (Å²) in [5.41, 5.74) is 8.79. The molecule has 9 heteroatoms. The summed E-state index contributed by atoms with van der Waals surface area (Å²) < 4.78 is 14.3. The van der Waals surface area contributed by atoms with Gasteiger partial charge in [0.1, 0.15) is 5.75 Å². The van der Waals surface area contributed by atoms with Crippen LogP contribution in [0.5, 0.6) is 5.75 Å². The highest BCUT2D eigenvalue weighted by Crippen LogP contribution is 2.30. The number of nitrogens with zero attached hydrogens (tertiary/aromatic N) is 1. The Morgan fingerprint density at radius 3 is 2.54 bits per heavy atom. The number of hydrogen-bond acceptors (Lipinski definition) is 5. The zero-order valence-electron chi connectivity index (χ0n) is 15.3. The number of unbranched alkanes of at least 4 members (excludes halogenated alkanes) is 1. The number of benzene rings is 1. The smallest absolute Gasteiger partial charge is 0.466 e. The van der Waals surface area contributed by atoms with Gasteiger partial charge in [0.25, 0.3) is 0 Å². The minimum Gasteiger partial charge on any atom is -0.497 e. The van der Waals surface area contributed by atoms with Crippen molar-refractivity contribution in [1.82, 2.24) is 4.98 Å². The van der Waals surface area contributed by atoms with Gasteiger partial charge in [0.15, 0.2) is 0 Å². The molecule has 8 nitrogen and oxygen atoms in total. The number of rotatable bonds is 7. The van der Waals surface area contributed by atoms with Crippen molar-refractivity contribution in [3.05, 3.63) is 30.0 Å². The average Bonchev–Trinajstić information content (AvgIpc) is 2.54. The zero-order valence-corrected chi connectivity index (χ0v) is 16.2. The van der Waals surface area contributed by atoms with Crippen molar-refractivity contribution in [1.29, 1.82) is 0 Å². The molecule has 0 spiro atoms. The minimum absolute atomic E-state index is 0.383. The van der Waals surface area contributed by atoms with Crippen LogP contribution >= 0.6 is 7.82 Å². The second-order valence-electron chi connectivity index (χ2n) is 6.04. The second-order valence-corrected chi connectivity index (χ2v) is 7.07. The van der Waals surface area contributed by atoms with E-state index in [1.807, 2.05) is 24.4 Å². The molecule has 0 bridgehead atoms. The monoisotopic (exact) mass is 385 g/mol. The number of ether oxygens (including phenoxy) is 1. The Labute approximate surface area is 153 Å². The standard InChI is InChI=1S/C17H25N3O.H3O4P/c1-12-7-9-19-17-15(12)10-14(21-3)11-16(17)20-13(2)6-4-5-8-18;1-5(2,3)4/h7,9-11,13,20H,4-6,8,18H2,1-3H3;(H3,1,2,3,4). The molecule has 1 aromatic carbocycles. The molecule has 0 radical (unpaired) electrons. The van der Waals surface area contributed by atoms with E-state index < -0.39 is 7.82 Å². The summed E-state index contributed by atoms with van der Waals surface area (Å²) >= 11 is 0. The van der Waals surface area contributed by atoms with Gasteiger partial charge in [-0.2, -0.15) is 0 Å². The largest absolute Gasteiger partial charge is 0.497 e. The molecular weight excluding hydrogens is 357 g/mol. The first kappa shape index (κ1) is 22.3. The lowest BCUT2D eigenvalue weighted by Crippen LogP contribution is -2.16. The third-order valence-electron chi connectivity index (χ3n) is 3.77. The molecule has 0 aliphatic heterocycles. The summed E-state index contributed by atoms with van der Waals surface area (Å²) in [6, 6.07) is 6.47. The maximum atomic E-state index is 8.88. The number of nitrogens with one attached hydrogen (secondary N) is 1. The third kappa shape index (κ3) is 8.12. The molecule has 0 fully saturated rings. The molecule has 1 atom stereocenters. The van der Waals surface area contributed by atoms with Crippen LogP contribution in [0.3, 0.4) is 0 Å². The van der Waals surface area contributed by atoms with Gasteiger partial charge in [-0.25, -0.2) is 4.57 Å². The molecule has 6 N–H and O–H groups in total. The molecule has 0 aliphatic rings. The molecule has 0 saturated heterocycles. The Balaban J connectivity index is 0.000000597. The third-order valence-corrected chi connectivity index (χ3v) is 3.77. The normalized spacial score (nSPS) is 12.3. The van der Waals surface area contributed by atoms with Gasteiger partial charge in [0.2, 0.25) is 0 Å². The molecule has 26 heavy (non-hydrogen) atoms. The van der Waals surface area contributed by atoms with E-state index in [1.165, 1.54) is 5.56 Å². The van der Waals surface area contributed by atoms with Crippen molar-refractivity contribution in [3.63, 3.8) is 0 Å². The lowest BCUT2D eigenvalue weighted by atomic mass is 10.1. The first-order chi connectivity index (χ1) is 12.2. The fourth-order valence-electron chi connectivity index (χ4n) is 2.52. The van der Waals surface area contributed by atoms with Crippen LogP contribution in [0.2, 0.25) is 0 Å². The lowest BCUT2D eigenvalue weighted by Gasteiger charge is -2.18. The van der Waals surface area contributed by atoms with Crippen molar-refractivity contribution < 1.29 is 24.0 Å². The minimum atomic E-state index is -4.64. The molecular formula is C17H28N3O5P. The topological polar surface area (TPSA) is 138 Å². The van der Waals surface area contributed by atoms with Gasteiger partial charge in [0.05, 0.1) is 18.3 Å². The Kier molecular flexibility index (Phi) is 8.98. The van der Waals surface area contributed by atoms with Crippen molar-refractivity contribution in [2.45, 2.75) is 39.2 Å². The molecule has 2 aromatic rings. The van der Waals surface area contributed by atoms with Crippen LogP contribution < -0.4 is 15.8 Å². The number of nitrogens with two attached hydrogens (primary N) is 1. The summed E-state index contributed by atoms with van der Waals surface area (Å²) in [5, 5.41) is 4.70. The molecule has 0 amide bonds. The number of phosphoric acid groups is 1. The van der Waals surface area contributed by atoms with Gasteiger partial charge in [-0.15, -0.1) is 0 Å². The number of pyridine rings is 1.